The molecule has 4 rings (SSSR count). The molecule has 0 radical (unpaired) electrons. The first kappa shape index (κ1) is 13.1. The summed E-state index contributed by atoms with van der Waals surface area (Å²) in [5, 5.41) is 3.76. The van der Waals surface area contributed by atoms with Gasteiger partial charge in [0.25, 0.3) is 0 Å². The maximum absolute atomic E-state index is 12.5. The third-order valence-electron chi connectivity index (χ3n) is 5.28. The topological polar surface area (TPSA) is 49.4 Å². The van der Waals surface area contributed by atoms with Crippen molar-refractivity contribution >= 4 is 29.1 Å². The van der Waals surface area contributed by atoms with Crippen LogP contribution in [0.25, 0.3) is 0 Å². The van der Waals surface area contributed by atoms with Crippen molar-refractivity contribution < 1.29 is 9.59 Å². The molecule has 2 aliphatic carbocycles. The molecular weight excluding hydrogens is 288 g/mol. The summed E-state index contributed by atoms with van der Waals surface area (Å²) in [5.74, 6) is 0.827. The Morgan fingerprint density at radius 2 is 1.81 bits per heavy atom. The minimum atomic E-state index is -0.0441. The number of nitrogens with one attached hydrogen (secondary N) is 1. The van der Waals surface area contributed by atoms with Gasteiger partial charge < -0.3 is 5.32 Å². The van der Waals surface area contributed by atoms with E-state index in [0.717, 1.165) is 24.9 Å². The molecule has 0 spiro atoms. The van der Waals surface area contributed by atoms with Crippen LogP contribution in [0.4, 0.5) is 5.69 Å². The summed E-state index contributed by atoms with van der Waals surface area (Å²) < 4.78 is 0. The molecule has 2 bridgehead atoms. The third-order valence-corrected chi connectivity index (χ3v) is 5.52. The van der Waals surface area contributed by atoms with Crippen molar-refractivity contribution in [2.24, 2.45) is 23.7 Å². The Labute approximate surface area is 128 Å². The maximum atomic E-state index is 12.5. The van der Waals surface area contributed by atoms with E-state index in [4.69, 9.17) is 11.6 Å². The number of benzene rings is 1. The standard InChI is InChI=1S/C16H17ClN2O2/c17-11-2-1-3-12(7-11)18-8-19-15(20)13-9-4-5-10(6-9)14(13)16(19)21/h1-3,7,9-10,13-14,18H,4-6,8H2/t9-,10+,13-,14+. The van der Waals surface area contributed by atoms with E-state index in [0.29, 0.717) is 16.9 Å². The Bertz CT molecular complexity index is 590. The number of imide groups is 1. The molecule has 0 aromatic heterocycles. The molecule has 1 aromatic carbocycles. The number of anilines is 1. The molecule has 2 amide bonds. The monoisotopic (exact) mass is 304 g/mol. The number of halogens is 1. The number of hydrogen-bond donors (Lipinski definition) is 1. The average molecular weight is 305 g/mol. The molecule has 0 unspecified atom stereocenters. The second-order valence-electron chi connectivity index (χ2n) is 6.33. The van der Waals surface area contributed by atoms with Crippen molar-refractivity contribution in [3.8, 4) is 0 Å². The fourth-order valence-corrected chi connectivity index (χ4v) is 4.59. The lowest BCUT2D eigenvalue weighted by Gasteiger charge is -2.19. The van der Waals surface area contributed by atoms with Gasteiger partial charge in [-0.2, -0.15) is 0 Å². The minimum absolute atomic E-state index is 0.0201. The van der Waals surface area contributed by atoms with Gasteiger partial charge in [-0.05, 0) is 49.3 Å². The summed E-state index contributed by atoms with van der Waals surface area (Å²) >= 11 is 5.93. The van der Waals surface area contributed by atoms with E-state index in [9.17, 15) is 9.59 Å². The Morgan fingerprint density at radius 3 is 2.43 bits per heavy atom. The molecule has 4 atom stereocenters. The number of nitrogens with zero attached hydrogens (tertiary/aromatic N) is 1. The highest BCUT2D eigenvalue weighted by molar-refractivity contribution is 6.30. The van der Waals surface area contributed by atoms with Gasteiger partial charge in [0.2, 0.25) is 11.8 Å². The van der Waals surface area contributed by atoms with Crippen LogP contribution in [0.5, 0.6) is 0 Å². The Hall–Kier alpha value is -1.55. The second kappa shape index (κ2) is 4.73. The quantitative estimate of drug-likeness (QED) is 0.874. The number of hydrogen-bond acceptors (Lipinski definition) is 3. The Kier molecular flexibility index (Phi) is 2.96. The molecule has 3 fully saturated rings. The highest BCUT2D eigenvalue weighted by Crippen LogP contribution is 2.55. The number of fused-ring (bicyclic) bond motifs is 5. The molecule has 5 heteroatoms. The lowest BCUT2D eigenvalue weighted by atomic mass is 9.81. The van der Waals surface area contributed by atoms with E-state index >= 15 is 0 Å². The second-order valence-corrected chi connectivity index (χ2v) is 6.77. The normalized spacial score (nSPS) is 33.7. The highest BCUT2D eigenvalue weighted by Gasteiger charge is 2.60. The van der Waals surface area contributed by atoms with E-state index in [1.54, 1.807) is 12.1 Å². The minimum Gasteiger partial charge on any atom is -0.367 e. The Balaban J connectivity index is 1.49. The largest absolute Gasteiger partial charge is 0.367 e. The van der Waals surface area contributed by atoms with Gasteiger partial charge in [0.1, 0.15) is 0 Å². The van der Waals surface area contributed by atoms with Crippen LogP contribution in [0.1, 0.15) is 19.3 Å². The van der Waals surface area contributed by atoms with Crippen molar-refractivity contribution in [3.05, 3.63) is 29.3 Å². The first-order valence-electron chi connectivity index (χ1n) is 7.50. The molecule has 1 aliphatic heterocycles. The molecule has 1 aromatic rings. The van der Waals surface area contributed by atoms with Gasteiger partial charge in [-0.1, -0.05) is 17.7 Å². The SMILES string of the molecule is O=C1[C@@H]2[C@@H]3CC[C@@H](C3)[C@@H]2C(=O)N1CNc1cccc(Cl)c1. The summed E-state index contributed by atoms with van der Waals surface area (Å²) in [5.41, 5.74) is 0.822. The molecule has 1 N–H and O–H groups in total. The zero-order chi connectivity index (χ0) is 14.6. The fraction of sp³-hybridized carbons (Fsp3) is 0.500. The molecule has 21 heavy (non-hydrogen) atoms. The number of likely N-dealkylation sites (tertiary alicyclic amines) is 1. The van der Waals surface area contributed by atoms with Crippen LogP contribution >= 0.6 is 11.6 Å². The van der Waals surface area contributed by atoms with E-state index in [1.165, 1.54) is 4.90 Å². The zero-order valence-electron chi connectivity index (χ0n) is 11.6. The predicted octanol–water partition coefficient (Wildman–Crippen LogP) is 2.74. The van der Waals surface area contributed by atoms with Crippen molar-refractivity contribution in [3.63, 3.8) is 0 Å². The third kappa shape index (κ3) is 1.96. The fourth-order valence-electron chi connectivity index (χ4n) is 4.40. The van der Waals surface area contributed by atoms with Crippen LogP contribution in [-0.2, 0) is 9.59 Å². The molecule has 110 valence electrons. The van der Waals surface area contributed by atoms with E-state index < -0.39 is 0 Å². The summed E-state index contributed by atoms with van der Waals surface area (Å²) in [6.07, 6.45) is 3.29. The van der Waals surface area contributed by atoms with E-state index in [2.05, 4.69) is 5.32 Å². The van der Waals surface area contributed by atoms with Gasteiger partial charge in [-0.3, -0.25) is 14.5 Å². The molecule has 1 heterocycles. The summed E-state index contributed by atoms with van der Waals surface area (Å²) in [7, 11) is 0. The molecule has 2 saturated carbocycles. The van der Waals surface area contributed by atoms with Crippen molar-refractivity contribution in [1.82, 2.24) is 4.90 Å². The van der Waals surface area contributed by atoms with Gasteiger partial charge in [0.15, 0.2) is 0 Å². The first-order chi connectivity index (χ1) is 10.1. The van der Waals surface area contributed by atoms with E-state index in [-0.39, 0.29) is 30.3 Å². The van der Waals surface area contributed by atoms with Gasteiger partial charge in [-0.15, -0.1) is 0 Å². The maximum Gasteiger partial charge on any atom is 0.234 e. The van der Waals surface area contributed by atoms with Gasteiger partial charge in [0, 0.05) is 10.7 Å². The molecule has 3 aliphatic rings. The first-order valence-corrected chi connectivity index (χ1v) is 7.87. The lowest BCUT2D eigenvalue weighted by molar-refractivity contribution is -0.140. The van der Waals surface area contributed by atoms with Crippen LogP contribution in [0.2, 0.25) is 5.02 Å². The number of rotatable bonds is 3. The molecule has 1 saturated heterocycles. The van der Waals surface area contributed by atoms with Gasteiger partial charge in [0.05, 0.1) is 18.5 Å². The van der Waals surface area contributed by atoms with Gasteiger partial charge >= 0.3 is 0 Å². The van der Waals surface area contributed by atoms with Crippen molar-refractivity contribution in [2.75, 3.05) is 12.0 Å². The van der Waals surface area contributed by atoms with Crippen LogP contribution in [-0.4, -0.2) is 23.4 Å². The summed E-state index contributed by atoms with van der Waals surface area (Å²) in [4.78, 5) is 26.4. The van der Waals surface area contributed by atoms with Crippen molar-refractivity contribution in [2.45, 2.75) is 19.3 Å². The van der Waals surface area contributed by atoms with Gasteiger partial charge in [-0.25, -0.2) is 0 Å². The predicted molar refractivity (Wildman–Crippen MR) is 79.6 cm³/mol. The van der Waals surface area contributed by atoms with Crippen LogP contribution in [0.3, 0.4) is 0 Å². The van der Waals surface area contributed by atoms with Crippen LogP contribution < -0.4 is 5.32 Å². The number of carbonyl (C=O) groups is 2. The molecular formula is C16H17ClN2O2. The highest BCUT2D eigenvalue weighted by atomic mass is 35.5. The average Bonchev–Trinajstić information content (AvgIpc) is 3.12. The Morgan fingerprint density at radius 1 is 1.14 bits per heavy atom. The smallest absolute Gasteiger partial charge is 0.234 e. The summed E-state index contributed by atoms with van der Waals surface area (Å²) in [6.45, 7) is 0.241. The van der Waals surface area contributed by atoms with Crippen LogP contribution in [0, 0.1) is 23.7 Å². The number of amides is 2. The number of carbonyl (C=O) groups excluding carboxylic acids is 2. The zero-order valence-corrected chi connectivity index (χ0v) is 12.3. The van der Waals surface area contributed by atoms with Crippen LogP contribution in [0.15, 0.2) is 24.3 Å². The summed E-state index contributed by atoms with van der Waals surface area (Å²) in [6, 6.07) is 7.30. The van der Waals surface area contributed by atoms with E-state index in [1.807, 2.05) is 12.1 Å². The lowest BCUT2D eigenvalue weighted by Crippen LogP contribution is -2.36. The van der Waals surface area contributed by atoms with Crippen molar-refractivity contribution in [1.29, 1.82) is 0 Å². The molecule has 4 nitrogen and oxygen atoms in total.